The largest absolute Gasteiger partial charge is 0.388 e. The Balaban J connectivity index is 0.00000726. The molecule has 18 nitrogen and oxygen atoms in total. The summed E-state index contributed by atoms with van der Waals surface area (Å²) in [6.45, 7) is 1.46. The van der Waals surface area contributed by atoms with E-state index in [1.54, 1.807) is 95.4 Å². The number of nitrogens with zero attached hydrogens (tertiary/aromatic N) is 6. The van der Waals surface area contributed by atoms with Crippen molar-refractivity contribution in [3.63, 3.8) is 0 Å². The zero-order valence-electron chi connectivity index (χ0n) is 34.2. The van der Waals surface area contributed by atoms with Crippen LogP contribution in [0.15, 0.2) is 79.3 Å². The third-order valence-electron chi connectivity index (χ3n) is 9.71. The van der Waals surface area contributed by atoms with E-state index in [2.05, 4.69) is 31.6 Å². The van der Waals surface area contributed by atoms with Crippen LogP contribution in [0.25, 0.3) is 11.0 Å². The predicted octanol–water partition coefficient (Wildman–Crippen LogP) is 5.36. The number of nitrogens with two attached hydrogens (primary N) is 1. The van der Waals surface area contributed by atoms with Crippen LogP contribution in [0.5, 0.6) is 0 Å². The molecule has 0 fully saturated rings. The fraction of sp³-hybridized carbons (Fsp3) is 0.244. The van der Waals surface area contributed by atoms with Crippen molar-refractivity contribution >= 4 is 110 Å². The molecule has 0 spiro atoms. The number of hydrogen-bond acceptors (Lipinski definition) is 8. The summed E-state index contributed by atoms with van der Waals surface area (Å²) in [5.74, 6) is -1.21. The number of imidazole rings is 1. The van der Waals surface area contributed by atoms with Gasteiger partial charge in [0.1, 0.15) is 17.1 Å². The fourth-order valence-electron chi connectivity index (χ4n) is 6.64. The molecule has 4 aromatic heterocycles. The number of benzene rings is 2. The molecule has 4 heterocycles. The molecule has 0 radical (unpaired) electrons. The molecule has 5 amide bonds. The lowest BCUT2D eigenvalue weighted by molar-refractivity contribution is 0.0943. The van der Waals surface area contributed by atoms with E-state index in [0.29, 0.717) is 69.9 Å². The third kappa shape index (κ3) is 10.8. The molecule has 0 bridgehead atoms. The van der Waals surface area contributed by atoms with Crippen molar-refractivity contribution in [2.75, 3.05) is 57.6 Å². The highest BCUT2D eigenvalue weighted by Gasteiger charge is 2.21. The van der Waals surface area contributed by atoms with Gasteiger partial charge in [-0.3, -0.25) is 29.4 Å². The van der Waals surface area contributed by atoms with Crippen LogP contribution in [0.4, 0.5) is 28.4 Å². The number of hydrogen-bond donors (Lipinski definition) is 7. The van der Waals surface area contributed by atoms with E-state index in [1.165, 1.54) is 18.2 Å². The second-order valence-corrected chi connectivity index (χ2v) is 14.9. The van der Waals surface area contributed by atoms with Gasteiger partial charge in [0.2, 0.25) is 0 Å². The topological polar surface area (TPSA) is 231 Å². The van der Waals surface area contributed by atoms with Gasteiger partial charge in [-0.1, -0.05) is 0 Å². The maximum absolute atomic E-state index is 13.5. The molecular weight excluding hydrogens is 861 g/mol. The van der Waals surface area contributed by atoms with Gasteiger partial charge < -0.3 is 55.5 Å². The minimum Gasteiger partial charge on any atom is -0.388 e. The van der Waals surface area contributed by atoms with Gasteiger partial charge in [-0.15, -0.1) is 35.6 Å². The molecule has 0 aliphatic carbocycles. The molecule has 6 rings (SSSR count). The molecular formula is C41H46Cl3N13O5. The highest BCUT2D eigenvalue weighted by Crippen LogP contribution is 2.24. The number of amides is 5. The number of nitrogens with one attached hydrogen (secondary N) is 6. The second-order valence-electron chi connectivity index (χ2n) is 14.1. The molecule has 0 aliphatic heterocycles. The predicted molar refractivity (Wildman–Crippen MR) is 245 cm³/mol. The highest BCUT2D eigenvalue weighted by molar-refractivity contribution is 6.18. The lowest BCUT2D eigenvalue weighted by Crippen LogP contribution is -2.28. The molecule has 0 atom stereocenters. The number of aromatic nitrogens is 5. The zero-order chi connectivity index (χ0) is 44.0. The molecule has 0 aliphatic rings. The first-order valence-corrected chi connectivity index (χ1v) is 20.0. The summed E-state index contributed by atoms with van der Waals surface area (Å²) in [6.07, 6.45) is 4.98. The Hall–Kier alpha value is -6.76. The number of halogens is 3. The lowest BCUT2D eigenvalue weighted by atomic mass is 10.1. The molecule has 62 heavy (non-hydrogen) atoms. The van der Waals surface area contributed by atoms with E-state index in [-0.39, 0.29) is 60.2 Å². The Morgan fingerprint density at radius 3 is 1.65 bits per heavy atom. The molecule has 8 N–H and O–H groups in total. The molecule has 2 aromatic carbocycles. The highest BCUT2D eigenvalue weighted by atomic mass is 35.5. The third-order valence-corrected chi connectivity index (χ3v) is 10.0. The van der Waals surface area contributed by atoms with Crippen molar-refractivity contribution in [1.29, 1.82) is 5.41 Å². The summed E-state index contributed by atoms with van der Waals surface area (Å²) in [6, 6.07) is 16.9. The van der Waals surface area contributed by atoms with Gasteiger partial charge in [-0.05, 0) is 60.7 Å². The van der Waals surface area contributed by atoms with Crippen LogP contribution in [0.1, 0.15) is 58.9 Å². The first-order chi connectivity index (χ1) is 29.1. The van der Waals surface area contributed by atoms with Gasteiger partial charge in [0.15, 0.2) is 5.82 Å². The summed E-state index contributed by atoms with van der Waals surface area (Å²) < 4.78 is 6.30. The summed E-state index contributed by atoms with van der Waals surface area (Å²) in [5, 5.41) is 21.2. The Kier molecular flexibility index (Phi) is 15.1. The van der Waals surface area contributed by atoms with E-state index in [0.717, 1.165) is 5.69 Å². The van der Waals surface area contributed by atoms with Crippen molar-refractivity contribution in [1.82, 2.24) is 28.6 Å². The minimum atomic E-state index is -0.517. The van der Waals surface area contributed by atoms with Crippen LogP contribution in [-0.2, 0) is 28.2 Å². The summed E-state index contributed by atoms with van der Waals surface area (Å²) >= 11 is 11.9. The monoisotopic (exact) mass is 905 g/mol. The fourth-order valence-corrected chi connectivity index (χ4v) is 7.04. The molecule has 21 heteroatoms. The van der Waals surface area contributed by atoms with Crippen molar-refractivity contribution in [2.45, 2.75) is 6.42 Å². The maximum Gasteiger partial charge on any atom is 0.291 e. The van der Waals surface area contributed by atoms with Crippen LogP contribution in [-0.4, -0.2) is 90.0 Å². The van der Waals surface area contributed by atoms with Gasteiger partial charge in [0, 0.05) is 102 Å². The summed E-state index contributed by atoms with van der Waals surface area (Å²) in [4.78, 5) is 72.3. The minimum absolute atomic E-state index is 0. The number of rotatable bonds is 17. The number of aryl methyl sites for hydroxylation is 4. The average molecular weight is 907 g/mol. The number of alkyl halides is 2. The van der Waals surface area contributed by atoms with Crippen molar-refractivity contribution in [3.8, 4) is 0 Å². The smallest absolute Gasteiger partial charge is 0.291 e. The Morgan fingerprint density at radius 1 is 0.661 bits per heavy atom. The second kappa shape index (κ2) is 20.2. The summed E-state index contributed by atoms with van der Waals surface area (Å²) in [5.41, 5.74) is 10.2. The van der Waals surface area contributed by atoms with Crippen molar-refractivity contribution in [2.24, 2.45) is 33.9 Å². The van der Waals surface area contributed by atoms with Crippen LogP contribution >= 0.6 is 35.6 Å². The quantitative estimate of drug-likeness (QED) is 0.0357. The first kappa shape index (κ1) is 46.3. The molecule has 0 saturated carbocycles. The Morgan fingerprint density at radius 2 is 1.15 bits per heavy atom. The molecule has 0 saturated heterocycles. The zero-order valence-corrected chi connectivity index (χ0v) is 36.5. The van der Waals surface area contributed by atoms with E-state index >= 15 is 0 Å². The maximum atomic E-state index is 13.5. The molecule has 326 valence electrons. The van der Waals surface area contributed by atoms with Gasteiger partial charge in [-0.25, -0.2) is 4.98 Å². The number of carbonyl (C=O) groups is 5. The standard InChI is InChI=1S/C41H45Cl2N13O5.ClH/c1-52-21-26(18-32(52)38(58)46-14-11-35(44)45)48-39(59)33-19-27(22-53(33)2)49-40(60)34-20-28(23-54(34)3)50-41(61)36-51-30-17-25(7-10-31(30)55(36)4)47-37(57)24-5-8-29(9-6-24)56(15-12-42)16-13-43;/h5-10,17-23H,11-16H2,1-4H3,(H3,44,45)(H,46,58)(H,47,57)(H,48,59)(H,49,60)(H,50,61);1H. The van der Waals surface area contributed by atoms with Gasteiger partial charge >= 0.3 is 0 Å². The van der Waals surface area contributed by atoms with E-state index < -0.39 is 17.7 Å². The lowest BCUT2D eigenvalue weighted by Gasteiger charge is -2.22. The van der Waals surface area contributed by atoms with Crippen LogP contribution in [0.2, 0.25) is 0 Å². The summed E-state index contributed by atoms with van der Waals surface area (Å²) in [7, 11) is 6.68. The van der Waals surface area contributed by atoms with E-state index in [1.807, 2.05) is 17.0 Å². The normalized spacial score (nSPS) is 10.8. The number of fused-ring (bicyclic) bond motifs is 1. The Bertz CT molecular complexity index is 2640. The van der Waals surface area contributed by atoms with Gasteiger partial charge in [0.05, 0.1) is 33.9 Å². The van der Waals surface area contributed by atoms with E-state index in [4.69, 9.17) is 34.3 Å². The average Bonchev–Trinajstić information content (AvgIpc) is 3.97. The van der Waals surface area contributed by atoms with Crippen LogP contribution in [0, 0.1) is 5.41 Å². The Labute approximate surface area is 372 Å². The first-order valence-electron chi connectivity index (χ1n) is 18.9. The van der Waals surface area contributed by atoms with Crippen LogP contribution in [0.3, 0.4) is 0 Å². The number of carbonyl (C=O) groups excluding carboxylic acids is 5. The number of anilines is 5. The van der Waals surface area contributed by atoms with Gasteiger partial charge in [0.25, 0.3) is 29.5 Å². The SMILES string of the molecule is Cl.Cn1cc(NC(=O)c2cc(NC(=O)c3cc(NC(=O)c4nc5cc(NC(=O)c6ccc(N(CCCl)CCCl)cc6)ccc5n4C)cn3C)cn2C)cc1C(=O)NCCC(=N)N. The van der Waals surface area contributed by atoms with Crippen molar-refractivity contribution < 1.29 is 24.0 Å². The van der Waals surface area contributed by atoms with Crippen LogP contribution < -0.4 is 37.2 Å². The molecule has 6 aromatic rings. The molecule has 0 unspecified atom stereocenters. The number of amidine groups is 1. The van der Waals surface area contributed by atoms with E-state index in [9.17, 15) is 24.0 Å². The van der Waals surface area contributed by atoms with Crippen molar-refractivity contribution in [3.05, 3.63) is 108 Å². The van der Waals surface area contributed by atoms with Gasteiger partial charge in [-0.2, -0.15) is 0 Å².